The molecule has 4 aromatic rings. The summed E-state index contributed by atoms with van der Waals surface area (Å²) < 4.78 is 11.4. The monoisotopic (exact) mass is 623 g/mol. The average molecular weight is 624 g/mol. The Morgan fingerprint density at radius 1 is 0.778 bits per heavy atom. The van der Waals surface area contributed by atoms with Crippen molar-refractivity contribution in [3.05, 3.63) is 127 Å². The van der Waals surface area contributed by atoms with Crippen molar-refractivity contribution in [1.29, 1.82) is 0 Å². The van der Waals surface area contributed by atoms with Crippen molar-refractivity contribution in [3.8, 4) is 0 Å². The predicted octanol–water partition coefficient (Wildman–Crippen LogP) is 4.11. The van der Waals surface area contributed by atoms with Gasteiger partial charge in [0.2, 0.25) is 5.91 Å². The highest BCUT2D eigenvalue weighted by Crippen LogP contribution is 2.50. The lowest BCUT2D eigenvalue weighted by atomic mass is 9.81. The van der Waals surface area contributed by atoms with Gasteiger partial charge in [0.15, 0.2) is 0 Å². The third-order valence-corrected chi connectivity index (χ3v) is 12.1. The minimum absolute atomic E-state index is 0.0551. The van der Waals surface area contributed by atoms with Gasteiger partial charge in [-0.2, -0.15) is 0 Å². The van der Waals surface area contributed by atoms with Crippen LogP contribution in [0.25, 0.3) is 0 Å². The summed E-state index contributed by atoms with van der Waals surface area (Å²) in [4.78, 5) is 54.4. The highest BCUT2D eigenvalue weighted by atomic mass is 31.2. The molecule has 1 fully saturated rings. The smallest absolute Gasteiger partial charge is 0.356 e. The second-order valence-corrected chi connectivity index (χ2v) is 14.1. The molecule has 1 N–H and O–H groups in total. The van der Waals surface area contributed by atoms with Gasteiger partial charge in [0.25, 0.3) is 0 Å². The fourth-order valence-corrected chi connectivity index (χ4v) is 10.4. The third kappa shape index (κ3) is 6.33. The summed E-state index contributed by atoms with van der Waals surface area (Å²) in [5, 5.41) is 12.4. The van der Waals surface area contributed by atoms with E-state index in [4.69, 9.17) is 9.47 Å². The molecule has 0 saturated carbocycles. The molecule has 4 aromatic carbocycles. The first-order valence-electron chi connectivity index (χ1n) is 14.6. The third-order valence-electron chi connectivity index (χ3n) is 7.88. The van der Waals surface area contributed by atoms with E-state index in [2.05, 4.69) is 0 Å². The van der Waals surface area contributed by atoms with Crippen molar-refractivity contribution in [1.82, 2.24) is 4.90 Å². The Labute approximate surface area is 262 Å². The van der Waals surface area contributed by atoms with E-state index in [-0.39, 0.29) is 12.0 Å². The van der Waals surface area contributed by atoms with E-state index >= 15 is 0 Å². The Kier molecular flexibility index (Phi) is 9.65. The van der Waals surface area contributed by atoms with Gasteiger partial charge < -0.3 is 19.5 Å². The van der Waals surface area contributed by atoms with Crippen LogP contribution in [0.15, 0.2) is 121 Å². The van der Waals surface area contributed by atoms with Crippen LogP contribution in [0.2, 0.25) is 0 Å². The van der Waals surface area contributed by atoms with Crippen molar-refractivity contribution in [3.63, 3.8) is 0 Å². The van der Waals surface area contributed by atoms with E-state index in [9.17, 15) is 24.3 Å². The number of hydrogen-bond acceptors (Lipinski definition) is 6. The molecule has 1 aliphatic heterocycles. The van der Waals surface area contributed by atoms with Crippen LogP contribution in [0.3, 0.4) is 0 Å². The van der Waals surface area contributed by atoms with Gasteiger partial charge in [0, 0.05) is 13.8 Å². The Bertz CT molecular complexity index is 1620. The molecule has 9 heteroatoms. The number of aliphatic carboxylic acids is 1. The molecule has 8 nitrogen and oxygen atoms in total. The second-order valence-electron chi connectivity index (χ2n) is 10.8. The van der Waals surface area contributed by atoms with Gasteiger partial charge in [-0.25, -0.2) is 4.79 Å². The molecule has 1 aliphatic rings. The zero-order valence-corrected chi connectivity index (χ0v) is 25.9. The molecular weight excluding hydrogens is 589 g/mol. The topological polar surface area (TPSA) is 110 Å². The van der Waals surface area contributed by atoms with Crippen LogP contribution in [0.1, 0.15) is 25.8 Å². The normalized spacial score (nSPS) is 16.7. The summed E-state index contributed by atoms with van der Waals surface area (Å²) in [6.45, 7) is -0.471. The first kappa shape index (κ1) is 31.5. The molecule has 1 amide bonds. The maximum Gasteiger partial charge on any atom is 0.356 e. The van der Waals surface area contributed by atoms with E-state index < -0.39 is 55.2 Å². The molecule has 1 heterocycles. The number of amides is 1. The van der Waals surface area contributed by atoms with Crippen molar-refractivity contribution < 1.29 is 33.8 Å². The Hall–Kier alpha value is -4.94. The molecule has 3 atom stereocenters. The van der Waals surface area contributed by atoms with Crippen LogP contribution in [-0.4, -0.2) is 51.4 Å². The number of carboxylic acid groups (broad SMARTS) is 1. The Morgan fingerprint density at radius 2 is 1.22 bits per heavy atom. The minimum atomic E-state index is -3.22. The molecule has 1 saturated heterocycles. The molecule has 230 valence electrons. The lowest BCUT2D eigenvalue weighted by Crippen LogP contribution is -2.69. The summed E-state index contributed by atoms with van der Waals surface area (Å²) >= 11 is 0. The molecule has 45 heavy (non-hydrogen) atoms. The van der Waals surface area contributed by atoms with E-state index in [1.807, 2.05) is 121 Å². The van der Waals surface area contributed by atoms with Gasteiger partial charge >= 0.3 is 17.9 Å². The highest BCUT2D eigenvalue weighted by molar-refractivity contribution is 7.96. The van der Waals surface area contributed by atoms with E-state index in [1.165, 1.54) is 11.8 Å². The molecule has 0 bridgehead atoms. The molecule has 0 aliphatic carbocycles. The molecule has 0 radical (unpaired) electrons. The second kappa shape index (κ2) is 13.8. The van der Waals surface area contributed by atoms with E-state index in [1.54, 1.807) is 6.92 Å². The van der Waals surface area contributed by atoms with Gasteiger partial charge in [-0.1, -0.05) is 121 Å². The summed E-state index contributed by atoms with van der Waals surface area (Å²) in [7, 11) is 0. The quantitative estimate of drug-likeness (QED) is 0.152. The summed E-state index contributed by atoms with van der Waals surface area (Å²) in [6.07, 6.45) is -1.37. The number of carbonyl (C=O) groups is 4. The number of rotatable bonds is 11. The van der Waals surface area contributed by atoms with Gasteiger partial charge in [0.1, 0.15) is 18.1 Å². The van der Waals surface area contributed by atoms with Crippen LogP contribution in [0.5, 0.6) is 0 Å². The van der Waals surface area contributed by atoms with Crippen molar-refractivity contribution >= 4 is 52.0 Å². The summed E-state index contributed by atoms with van der Waals surface area (Å²) in [5.74, 6) is -3.95. The van der Waals surface area contributed by atoms with Gasteiger partial charge in [-0.05, 0) is 28.4 Å². The van der Waals surface area contributed by atoms with Crippen molar-refractivity contribution in [2.75, 3.05) is 0 Å². The van der Waals surface area contributed by atoms with E-state index in [0.29, 0.717) is 0 Å². The van der Waals surface area contributed by atoms with Gasteiger partial charge in [0.05, 0.1) is 18.4 Å². The number of carbonyl (C=O) groups excluding carboxylic acids is 3. The number of carboxylic acids is 1. The molecular formula is C36H34NO7P. The summed E-state index contributed by atoms with van der Waals surface area (Å²) in [6, 6.07) is 36.7. The minimum Gasteiger partial charge on any atom is -0.481 e. The summed E-state index contributed by atoms with van der Waals surface area (Å²) in [5.41, 5.74) is 0.830. The Balaban J connectivity index is 1.85. The van der Waals surface area contributed by atoms with Crippen LogP contribution < -0.4 is 15.9 Å². The lowest BCUT2D eigenvalue weighted by Gasteiger charge is -2.50. The highest BCUT2D eigenvalue weighted by Gasteiger charge is 2.56. The molecule has 1 unspecified atom stereocenters. The largest absolute Gasteiger partial charge is 0.481 e. The molecule has 0 aromatic heterocycles. The van der Waals surface area contributed by atoms with Gasteiger partial charge in [-0.15, -0.1) is 0 Å². The first-order chi connectivity index (χ1) is 21.7. The average Bonchev–Trinajstić information content (AvgIpc) is 3.05. The maximum atomic E-state index is 14.7. The zero-order chi connectivity index (χ0) is 32.0. The first-order valence-corrected chi connectivity index (χ1v) is 16.4. The lowest BCUT2D eigenvalue weighted by molar-refractivity contribution is -0.168. The number of ether oxygens (including phenoxy) is 2. The van der Waals surface area contributed by atoms with Crippen molar-refractivity contribution in [2.24, 2.45) is 5.92 Å². The number of likely N-dealkylation sites (tertiary alicyclic amines) is 1. The van der Waals surface area contributed by atoms with Crippen LogP contribution in [0, 0.1) is 5.92 Å². The standard InChI is InChI=1S/C36H34NO7P/c1-25(44-26(2)38)33-31(23-32(39)40)37(34(33)41)35(36(42)43-24-27-15-7-3-8-16-27)45(28-17-9-4-10-18-28,29-19-11-5-12-20-29)30-21-13-6-14-22-30/h3-22,25,31,33H,23-24H2,1-2H3,(H,39,40)/t25?,31-,33+/m1/s1. The number of esters is 2. The number of benzene rings is 4. The number of nitrogens with zero attached hydrogens (tertiary/aromatic N) is 1. The van der Waals surface area contributed by atoms with E-state index in [0.717, 1.165) is 21.5 Å². The SMILES string of the molecule is CC(=O)OC(C)[C@@H]1C(=O)N(C(C(=O)OCc2ccccc2)=P(c2ccccc2)(c2ccccc2)c2ccccc2)[C@@H]1CC(=O)O. The predicted molar refractivity (Wildman–Crippen MR) is 174 cm³/mol. The fourth-order valence-electron chi connectivity index (χ4n) is 6.03. The molecule has 0 spiro atoms. The van der Waals surface area contributed by atoms with Crippen molar-refractivity contribution in [2.45, 2.75) is 39.0 Å². The van der Waals surface area contributed by atoms with Crippen LogP contribution >= 0.6 is 6.89 Å². The Morgan fingerprint density at radius 3 is 1.64 bits per heavy atom. The number of β-lactam (4-membered cyclic amide) rings is 1. The van der Waals surface area contributed by atoms with Gasteiger partial charge in [-0.3, -0.25) is 14.4 Å². The number of hydrogen-bond donors (Lipinski definition) is 1. The maximum absolute atomic E-state index is 14.7. The van der Waals surface area contributed by atoms with Crippen LogP contribution in [-0.2, 0) is 35.3 Å². The fraction of sp³-hybridized carbons (Fsp3) is 0.194. The zero-order valence-electron chi connectivity index (χ0n) is 25.0. The van der Waals surface area contributed by atoms with Crippen LogP contribution in [0.4, 0.5) is 0 Å². The molecule has 5 rings (SSSR count).